The van der Waals surface area contributed by atoms with Crippen molar-refractivity contribution in [3.8, 4) is 0 Å². The van der Waals surface area contributed by atoms with Gasteiger partial charge in [-0.2, -0.15) is 0 Å². The second kappa shape index (κ2) is 11.5. The Kier molecular flexibility index (Phi) is 11.1. The summed E-state index contributed by atoms with van der Waals surface area (Å²) in [5.74, 6) is 0.207. The van der Waals surface area contributed by atoms with Gasteiger partial charge in [-0.1, -0.05) is 32.6 Å². The van der Waals surface area contributed by atoms with Gasteiger partial charge in [-0.05, 0) is 25.8 Å². The normalized spacial score (nSPS) is 10.3. The second-order valence-corrected chi connectivity index (χ2v) is 4.01. The largest absolute Gasteiger partial charge is 0.356 e. The number of hydrogen-bond donors (Lipinski definition) is 2. The molecule has 0 unspecified atom stereocenters. The van der Waals surface area contributed by atoms with E-state index in [4.69, 9.17) is 5.73 Å². The number of amides is 1. The molecular formula is C12H26N2O. The van der Waals surface area contributed by atoms with Gasteiger partial charge >= 0.3 is 0 Å². The summed E-state index contributed by atoms with van der Waals surface area (Å²) in [5, 5.41) is 2.89. The molecule has 0 aliphatic carbocycles. The highest BCUT2D eigenvalue weighted by Crippen LogP contribution is 2.06. The van der Waals surface area contributed by atoms with Crippen LogP contribution >= 0.6 is 0 Å². The van der Waals surface area contributed by atoms with Crippen LogP contribution in [0.1, 0.15) is 58.3 Å². The highest BCUT2D eigenvalue weighted by Gasteiger charge is 1.98. The van der Waals surface area contributed by atoms with Gasteiger partial charge in [0.2, 0.25) is 5.91 Å². The Morgan fingerprint density at radius 1 is 1.07 bits per heavy atom. The summed E-state index contributed by atoms with van der Waals surface area (Å²) < 4.78 is 0. The standard InChI is InChI=1S/C12H26N2O/c1-2-11-14-12(15)9-7-5-3-4-6-8-10-13/h2-11,13H2,1H3,(H,14,15). The van der Waals surface area contributed by atoms with Gasteiger partial charge in [0.25, 0.3) is 0 Å². The lowest BCUT2D eigenvalue weighted by molar-refractivity contribution is -0.121. The highest BCUT2D eigenvalue weighted by molar-refractivity contribution is 5.75. The van der Waals surface area contributed by atoms with Gasteiger partial charge in [0, 0.05) is 13.0 Å². The topological polar surface area (TPSA) is 55.1 Å². The molecular weight excluding hydrogens is 188 g/mol. The third kappa shape index (κ3) is 11.4. The van der Waals surface area contributed by atoms with Crippen molar-refractivity contribution in [1.82, 2.24) is 5.32 Å². The van der Waals surface area contributed by atoms with Crippen molar-refractivity contribution in [1.29, 1.82) is 0 Å². The van der Waals surface area contributed by atoms with E-state index in [0.29, 0.717) is 6.42 Å². The van der Waals surface area contributed by atoms with Gasteiger partial charge in [-0.15, -0.1) is 0 Å². The number of rotatable bonds is 10. The number of nitrogens with one attached hydrogen (secondary N) is 1. The molecule has 0 aromatic rings. The Labute approximate surface area is 93.8 Å². The molecule has 0 aromatic heterocycles. The molecule has 0 saturated heterocycles. The molecule has 15 heavy (non-hydrogen) atoms. The fraction of sp³-hybridized carbons (Fsp3) is 0.917. The van der Waals surface area contributed by atoms with Crippen LogP contribution in [-0.4, -0.2) is 19.0 Å². The monoisotopic (exact) mass is 214 g/mol. The van der Waals surface area contributed by atoms with Crippen molar-refractivity contribution < 1.29 is 4.79 Å². The average molecular weight is 214 g/mol. The second-order valence-electron chi connectivity index (χ2n) is 4.01. The molecule has 0 aromatic carbocycles. The van der Waals surface area contributed by atoms with Gasteiger partial charge in [-0.3, -0.25) is 4.79 Å². The third-order valence-corrected chi connectivity index (χ3v) is 2.43. The number of unbranched alkanes of at least 4 members (excludes halogenated alkanes) is 5. The number of nitrogens with two attached hydrogens (primary N) is 1. The summed E-state index contributed by atoms with van der Waals surface area (Å²) in [6.45, 7) is 3.69. The fourth-order valence-corrected chi connectivity index (χ4v) is 1.49. The van der Waals surface area contributed by atoms with Gasteiger partial charge < -0.3 is 11.1 Å². The Balaban J connectivity index is 3.06. The lowest BCUT2D eigenvalue weighted by Gasteiger charge is -2.03. The Bertz CT molecular complexity index is 149. The molecule has 0 fully saturated rings. The van der Waals surface area contributed by atoms with E-state index < -0.39 is 0 Å². The van der Waals surface area contributed by atoms with Gasteiger partial charge in [-0.25, -0.2) is 0 Å². The van der Waals surface area contributed by atoms with Gasteiger partial charge in [0.1, 0.15) is 0 Å². The van der Waals surface area contributed by atoms with Crippen LogP contribution in [0.2, 0.25) is 0 Å². The summed E-state index contributed by atoms with van der Waals surface area (Å²) in [6.07, 6.45) is 8.77. The smallest absolute Gasteiger partial charge is 0.219 e. The molecule has 3 N–H and O–H groups in total. The van der Waals surface area contributed by atoms with Crippen LogP contribution in [0.25, 0.3) is 0 Å². The molecule has 3 heteroatoms. The summed E-state index contributed by atoms with van der Waals surface area (Å²) in [7, 11) is 0. The van der Waals surface area contributed by atoms with Crippen molar-refractivity contribution in [2.45, 2.75) is 58.3 Å². The first kappa shape index (κ1) is 14.4. The zero-order valence-electron chi connectivity index (χ0n) is 10.1. The van der Waals surface area contributed by atoms with Crippen molar-refractivity contribution in [3.05, 3.63) is 0 Å². The first-order chi connectivity index (χ1) is 7.31. The van der Waals surface area contributed by atoms with Crippen LogP contribution in [0.5, 0.6) is 0 Å². The predicted octanol–water partition coefficient (Wildman–Crippen LogP) is 2.20. The summed E-state index contributed by atoms with van der Waals surface area (Å²) in [6, 6.07) is 0. The highest BCUT2D eigenvalue weighted by atomic mass is 16.1. The van der Waals surface area contributed by atoms with Gasteiger partial charge in [0.15, 0.2) is 0 Å². The molecule has 0 heterocycles. The molecule has 0 atom stereocenters. The van der Waals surface area contributed by atoms with Crippen LogP contribution in [-0.2, 0) is 4.79 Å². The lowest BCUT2D eigenvalue weighted by Crippen LogP contribution is -2.23. The minimum atomic E-state index is 0.207. The quantitative estimate of drug-likeness (QED) is 0.548. The molecule has 0 saturated carbocycles. The van der Waals surface area contributed by atoms with Crippen LogP contribution < -0.4 is 11.1 Å². The van der Waals surface area contributed by atoms with E-state index in [0.717, 1.165) is 32.4 Å². The number of carbonyl (C=O) groups is 1. The predicted molar refractivity (Wildman–Crippen MR) is 64.7 cm³/mol. The van der Waals surface area contributed by atoms with Gasteiger partial charge in [0.05, 0.1) is 0 Å². The molecule has 90 valence electrons. The third-order valence-electron chi connectivity index (χ3n) is 2.43. The Morgan fingerprint density at radius 3 is 2.27 bits per heavy atom. The fourth-order valence-electron chi connectivity index (χ4n) is 1.49. The van der Waals surface area contributed by atoms with E-state index in [9.17, 15) is 4.79 Å². The van der Waals surface area contributed by atoms with Crippen molar-refractivity contribution in [3.63, 3.8) is 0 Å². The van der Waals surface area contributed by atoms with E-state index in [1.807, 2.05) is 0 Å². The maximum atomic E-state index is 11.2. The van der Waals surface area contributed by atoms with Crippen LogP contribution in [0.4, 0.5) is 0 Å². The molecule has 0 rings (SSSR count). The summed E-state index contributed by atoms with van der Waals surface area (Å²) >= 11 is 0. The van der Waals surface area contributed by atoms with Crippen molar-refractivity contribution >= 4 is 5.91 Å². The summed E-state index contributed by atoms with van der Waals surface area (Å²) in [5.41, 5.74) is 5.40. The van der Waals surface area contributed by atoms with E-state index in [1.54, 1.807) is 0 Å². The lowest BCUT2D eigenvalue weighted by atomic mass is 10.1. The molecule has 0 radical (unpaired) electrons. The minimum absolute atomic E-state index is 0.207. The van der Waals surface area contributed by atoms with Crippen LogP contribution in [0.15, 0.2) is 0 Å². The summed E-state index contributed by atoms with van der Waals surface area (Å²) in [4.78, 5) is 11.2. The zero-order chi connectivity index (χ0) is 11.4. The first-order valence-corrected chi connectivity index (χ1v) is 6.28. The maximum Gasteiger partial charge on any atom is 0.219 e. The van der Waals surface area contributed by atoms with E-state index in [1.165, 1.54) is 25.7 Å². The number of hydrogen-bond acceptors (Lipinski definition) is 2. The molecule has 0 spiro atoms. The first-order valence-electron chi connectivity index (χ1n) is 6.28. The van der Waals surface area contributed by atoms with E-state index >= 15 is 0 Å². The minimum Gasteiger partial charge on any atom is -0.356 e. The SMILES string of the molecule is CCCNC(=O)CCCCCCCCN. The average Bonchev–Trinajstić information content (AvgIpc) is 2.25. The Morgan fingerprint density at radius 2 is 1.67 bits per heavy atom. The van der Waals surface area contributed by atoms with Crippen molar-refractivity contribution in [2.24, 2.45) is 5.73 Å². The maximum absolute atomic E-state index is 11.2. The van der Waals surface area contributed by atoms with Crippen molar-refractivity contribution in [2.75, 3.05) is 13.1 Å². The van der Waals surface area contributed by atoms with E-state index in [2.05, 4.69) is 12.2 Å². The zero-order valence-corrected chi connectivity index (χ0v) is 10.1. The van der Waals surface area contributed by atoms with Crippen LogP contribution in [0.3, 0.4) is 0 Å². The molecule has 0 aliphatic heterocycles. The number of carbonyl (C=O) groups excluding carboxylic acids is 1. The van der Waals surface area contributed by atoms with Crippen LogP contribution in [0, 0.1) is 0 Å². The molecule has 0 aliphatic rings. The molecule has 1 amide bonds. The molecule has 3 nitrogen and oxygen atoms in total. The Hall–Kier alpha value is -0.570. The molecule has 0 bridgehead atoms. The van der Waals surface area contributed by atoms with E-state index in [-0.39, 0.29) is 5.91 Å².